The van der Waals surface area contributed by atoms with E-state index in [1.807, 2.05) is 66.4 Å². The third-order valence-corrected chi connectivity index (χ3v) is 7.89. The number of hydrogen-bond donors (Lipinski definition) is 1. The fourth-order valence-corrected chi connectivity index (χ4v) is 5.54. The molecule has 0 unspecified atom stereocenters. The molecule has 1 aliphatic carbocycles. The van der Waals surface area contributed by atoms with Crippen LogP contribution in [0.1, 0.15) is 56.9 Å². The molecule has 0 atom stereocenters. The zero-order chi connectivity index (χ0) is 25.7. The zero-order valence-corrected chi connectivity index (χ0v) is 21.4. The Balaban J connectivity index is 1.47. The first-order chi connectivity index (χ1) is 17.3. The molecule has 2 aliphatic rings. The number of rotatable bonds is 6. The number of likely N-dealkylation sites (tertiary alicyclic amines) is 1. The van der Waals surface area contributed by atoms with E-state index in [9.17, 15) is 19.5 Å². The molecule has 1 saturated heterocycles. The van der Waals surface area contributed by atoms with Gasteiger partial charge >= 0.3 is 12.0 Å². The second-order valence-electron chi connectivity index (χ2n) is 10.3. The summed E-state index contributed by atoms with van der Waals surface area (Å²) in [6, 6.07) is 17.3. The SMILES string of the molecule is Cc1ccc(N(C)C(=O)N2CCC(CC(=O)N(c3ccccc3)C3CCCCC3)(C(=O)O)CC2)cc1. The molecular weight excluding hydrogens is 454 g/mol. The van der Waals surface area contributed by atoms with Crippen LogP contribution < -0.4 is 9.80 Å². The van der Waals surface area contributed by atoms with Crippen molar-refractivity contribution >= 4 is 29.3 Å². The van der Waals surface area contributed by atoms with E-state index >= 15 is 0 Å². The van der Waals surface area contributed by atoms with Gasteiger partial charge < -0.3 is 14.9 Å². The maximum atomic E-state index is 13.7. The number of urea groups is 1. The number of amides is 3. The Morgan fingerprint density at radius 2 is 1.53 bits per heavy atom. The normalized spacial score (nSPS) is 17.9. The van der Waals surface area contributed by atoms with Crippen LogP contribution in [0.15, 0.2) is 54.6 Å². The summed E-state index contributed by atoms with van der Waals surface area (Å²) in [7, 11) is 1.73. The van der Waals surface area contributed by atoms with Crippen LogP contribution in [0.5, 0.6) is 0 Å². The molecule has 0 bridgehead atoms. The van der Waals surface area contributed by atoms with Crippen LogP contribution in [-0.2, 0) is 9.59 Å². The van der Waals surface area contributed by atoms with Gasteiger partial charge in [0.15, 0.2) is 0 Å². The average molecular weight is 492 g/mol. The summed E-state index contributed by atoms with van der Waals surface area (Å²) >= 11 is 0. The number of carbonyl (C=O) groups is 3. The number of carbonyl (C=O) groups excluding carboxylic acids is 2. The number of carboxylic acid groups (broad SMARTS) is 1. The summed E-state index contributed by atoms with van der Waals surface area (Å²) in [6.45, 7) is 2.61. The average Bonchev–Trinajstić information content (AvgIpc) is 2.90. The van der Waals surface area contributed by atoms with Crippen LogP contribution in [0.25, 0.3) is 0 Å². The van der Waals surface area contributed by atoms with Crippen LogP contribution in [0, 0.1) is 12.3 Å². The highest BCUT2D eigenvalue weighted by molar-refractivity contribution is 5.97. The van der Waals surface area contributed by atoms with Crippen molar-refractivity contribution in [2.75, 3.05) is 29.9 Å². The number of aryl methyl sites for hydroxylation is 1. The largest absolute Gasteiger partial charge is 0.481 e. The number of piperidine rings is 1. The first kappa shape index (κ1) is 25.7. The van der Waals surface area contributed by atoms with Gasteiger partial charge in [-0.15, -0.1) is 0 Å². The van der Waals surface area contributed by atoms with E-state index in [0.29, 0.717) is 13.1 Å². The van der Waals surface area contributed by atoms with Gasteiger partial charge in [-0.25, -0.2) is 4.79 Å². The number of aliphatic carboxylic acids is 1. The molecular formula is C29H37N3O4. The minimum absolute atomic E-state index is 0.0520. The Labute approximate surface area is 213 Å². The van der Waals surface area contributed by atoms with Crippen molar-refractivity contribution in [3.8, 4) is 0 Å². The van der Waals surface area contributed by atoms with E-state index < -0.39 is 11.4 Å². The number of carboxylic acids is 1. The van der Waals surface area contributed by atoms with Crippen LogP contribution in [-0.4, -0.2) is 54.1 Å². The molecule has 192 valence electrons. The van der Waals surface area contributed by atoms with Gasteiger partial charge in [-0.1, -0.05) is 55.2 Å². The maximum absolute atomic E-state index is 13.7. The van der Waals surface area contributed by atoms with Crippen molar-refractivity contribution in [3.05, 3.63) is 60.2 Å². The van der Waals surface area contributed by atoms with Crippen molar-refractivity contribution in [2.24, 2.45) is 5.41 Å². The summed E-state index contributed by atoms with van der Waals surface area (Å²) < 4.78 is 0. The van der Waals surface area contributed by atoms with E-state index in [0.717, 1.165) is 42.6 Å². The van der Waals surface area contributed by atoms with Gasteiger partial charge in [0.25, 0.3) is 0 Å². The molecule has 1 saturated carbocycles. The van der Waals surface area contributed by atoms with E-state index in [1.54, 1.807) is 16.8 Å². The highest BCUT2D eigenvalue weighted by atomic mass is 16.4. The lowest BCUT2D eigenvalue weighted by Crippen LogP contribution is -2.52. The standard InChI is InChI=1S/C29H37N3O4/c1-22-13-15-23(16-14-22)30(2)28(36)31-19-17-29(18-20-31,27(34)35)21-26(33)32(24-9-5-3-6-10-24)25-11-7-4-8-12-25/h3,5-6,9-10,13-16,25H,4,7-8,11-12,17-21H2,1-2H3,(H,34,35). The lowest BCUT2D eigenvalue weighted by Gasteiger charge is -2.41. The fourth-order valence-electron chi connectivity index (χ4n) is 5.54. The minimum atomic E-state index is -1.17. The predicted molar refractivity (Wildman–Crippen MR) is 141 cm³/mol. The van der Waals surface area contributed by atoms with Crippen LogP contribution in [0.3, 0.4) is 0 Å². The third kappa shape index (κ3) is 5.55. The summed E-state index contributed by atoms with van der Waals surface area (Å²) in [5.74, 6) is -1.08. The summed E-state index contributed by atoms with van der Waals surface area (Å²) in [5.41, 5.74) is 1.58. The first-order valence-corrected chi connectivity index (χ1v) is 13.0. The van der Waals surface area contributed by atoms with Crippen molar-refractivity contribution in [1.29, 1.82) is 0 Å². The van der Waals surface area contributed by atoms with E-state index in [2.05, 4.69) is 0 Å². The fraction of sp³-hybridized carbons (Fsp3) is 0.483. The quantitative estimate of drug-likeness (QED) is 0.581. The predicted octanol–water partition coefficient (Wildman–Crippen LogP) is 5.47. The highest BCUT2D eigenvalue weighted by Gasteiger charge is 2.46. The Bertz CT molecular complexity index is 1060. The van der Waals surface area contributed by atoms with E-state index in [-0.39, 0.29) is 37.2 Å². The van der Waals surface area contributed by atoms with Gasteiger partial charge in [-0.2, -0.15) is 0 Å². The molecule has 3 amide bonds. The monoisotopic (exact) mass is 491 g/mol. The number of nitrogens with zero attached hydrogens (tertiary/aromatic N) is 3. The Kier molecular flexibility index (Phi) is 7.97. The molecule has 2 aromatic carbocycles. The Morgan fingerprint density at radius 1 is 0.917 bits per heavy atom. The Morgan fingerprint density at radius 3 is 2.11 bits per heavy atom. The van der Waals surface area contributed by atoms with Gasteiger partial charge in [0.05, 0.1) is 5.41 Å². The van der Waals surface area contributed by atoms with Crippen LogP contribution in [0.4, 0.5) is 16.2 Å². The summed E-state index contributed by atoms with van der Waals surface area (Å²) in [5, 5.41) is 10.3. The highest BCUT2D eigenvalue weighted by Crippen LogP contribution is 2.38. The number of anilines is 2. The maximum Gasteiger partial charge on any atom is 0.324 e. The van der Waals surface area contributed by atoms with Gasteiger partial charge in [-0.05, 0) is 56.9 Å². The smallest absolute Gasteiger partial charge is 0.324 e. The van der Waals surface area contributed by atoms with Crippen molar-refractivity contribution in [2.45, 2.75) is 64.3 Å². The van der Waals surface area contributed by atoms with Crippen molar-refractivity contribution < 1.29 is 19.5 Å². The van der Waals surface area contributed by atoms with Gasteiger partial charge in [0.2, 0.25) is 5.91 Å². The minimum Gasteiger partial charge on any atom is -0.481 e. The number of benzene rings is 2. The second kappa shape index (κ2) is 11.1. The van der Waals surface area contributed by atoms with Crippen LogP contribution >= 0.6 is 0 Å². The third-order valence-electron chi connectivity index (χ3n) is 7.89. The molecule has 4 rings (SSSR count). The summed E-state index contributed by atoms with van der Waals surface area (Å²) in [4.78, 5) is 44.5. The number of hydrogen-bond acceptors (Lipinski definition) is 3. The topological polar surface area (TPSA) is 81.2 Å². The van der Waals surface area contributed by atoms with E-state index in [1.165, 1.54) is 6.42 Å². The Hall–Kier alpha value is -3.35. The number of para-hydroxylation sites is 1. The van der Waals surface area contributed by atoms with Gasteiger partial charge in [0.1, 0.15) is 0 Å². The molecule has 1 N–H and O–H groups in total. The molecule has 0 aromatic heterocycles. The molecule has 1 heterocycles. The molecule has 7 nitrogen and oxygen atoms in total. The molecule has 2 fully saturated rings. The molecule has 0 spiro atoms. The summed E-state index contributed by atoms with van der Waals surface area (Å²) in [6.07, 6.45) is 5.68. The zero-order valence-electron chi connectivity index (χ0n) is 21.4. The molecule has 7 heteroatoms. The molecule has 0 radical (unpaired) electrons. The van der Waals surface area contributed by atoms with Crippen molar-refractivity contribution in [1.82, 2.24) is 4.90 Å². The van der Waals surface area contributed by atoms with Crippen molar-refractivity contribution in [3.63, 3.8) is 0 Å². The van der Waals surface area contributed by atoms with Gasteiger partial charge in [-0.3, -0.25) is 14.5 Å². The molecule has 2 aromatic rings. The first-order valence-electron chi connectivity index (χ1n) is 13.0. The molecule has 36 heavy (non-hydrogen) atoms. The lowest BCUT2D eigenvalue weighted by atomic mass is 9.75. The van der Waals surface area contributed by atoms with E-state index in [4.69, 9.17) is 0 Å². The van der Waals surface area contributed by atoms with Gasteiger partial charge in [0, 0.05) is 44.0 Å². The lowest BCUT2D eigenvalue weighted by molar-refractivity contribution is -0.154. The molecule has 1 aliphatic heterocycles. The second-order valence-corrected chi connectivity index (χ2v) is 10.3. The van der Waals surface area contributed by atoms with Crippen LogP contribution in [0.2, 0.25) is 0 Å².